The van der Waals surface area contributed by atoms with Gasteiger partial charge in [-0.15, -0.1) is 10.2 Å². The maximum atomic E-state index is 8.49. The topological polar surface area (TPSA) is 114 Å². The molecule has 1 aromatic rings. The number of anilines is 1. The second-order valence-corrected chi connectivity index (χ2v) is 2.73. The molecule has 0 saturated heterocycles. The van der Waals surface area contributed by atoms with Crippen LogP contribution in [-0.4, -0.2) is 29.3 Å². The van der Waals surface area contributed by atoms with Crippen molar-refractivity contribution in [1.82, 2.24) is 10.2 Å². The molecule has 0 bridgehead atoms. The van der Waals surface area contributed by atoms with E-state index in [1.807, 2.05) is 6.07 Å². The van der Waals surface area contributed by atoms with Gasteiger partial charge in [0.1, 0.15) is 11.9 Å². The standard InChI is InChI=1S/C8H12N6/c9-3-6-1-2-8(14-13-6)12-7(4-10)5-11/h1-2,7H,4-5,10-11H2,(H,12,14). The van der Waals surface area contributed by atoms with Gasteiger partial charge >= 0.3 is 0 Å². The summed E-state index contributed by atoms with van der Waals surface area (Å²) >= 11 is 0. The molecule has 0 unspecified atom stereocenters. The highest BCUT2D eigenvalue weighted by atomic mass is 15.2. The smallest absolute Gasteiger partial charge is 0.163 e. The van der Waals surface area contributed by atoms with E-state index in [1.54, 1.807) is 12.1 Å². The summed E-state index contributed by atoms with van der Waals surface area (Å²) in [7, 11) is 0. The summed E-state index contributed by atoms with van der Waals surface area (Å²) in [5.41, 5.74) is 11.2. The van der Waals surface area contributed by atoms with Crippen molar-refractivity contribution >= 4 is 5.82 Å². The highest BCUT2D eigenvalue weighted by Gasteiger charge is 2.04. The van der Waals surface area contributed by atoms with Crippen LogP contribution in [0.1, 0.15) is 5.69 Å². The second kappa shape index (κ2) is 5.11. The zero-order valence-corrected chi connectivity index (χ0v) is 7.64. The number of nitrogens with two attached hydrogens (primary N) is 2. The molecule has 0 fully saturated rings. The molecule has 74 valence electrons. The fourth-order valence-corrected chi connectivity index (χ4v) is 0.892. The number of nitrogens with zero attached hydrogens (tertiary/aromatic N) is 3. The van der Waals surface area contributed by atoms with Crippen molar-refractivity contribution in [3.63, 3.8) is 0 Å². The van der Waals surface area contributed by atoms with Gasteiger partial charge in [-0.05, 0) is 12.1 Å². The molecule has 1 heterocycles. The maximum absolute atomic E-state index is 8.49. The Morgan fingerprint density at radius 3 is 2.50 bits per heavy atom. The number of hydrogen-bond acceptors (Lipinski definition) is 6. The molecule has 0 spiro atoms. The van der Waals surface area contributed by atoms with Gasteiger partial charge in [-0.2, -0.15) is 5.26 Å². The normalized spacial score (nSPS) is 9.86. The molecule has 1 rings (SSSR count). The summed E-state index contributed by atoms with van der Waals surface area (Å²) in [4.78, 5) is 0. The summed E-state index contributed by atoms with van der Waals surface area (Å²) in [5.74, 6) is 0.574. The maximum Gasteiger partial charge on any atom is 0.163 e. The Hall–Kier alpha value is -1.71. The van der Waals surface area contributed by atoms with Crippen molar-refractivity contribution in [2.75, 3.05) is 18.4 Å². The third kappa shape index (κ3) is 2.65. The second-order valence-electron chi connectivity index (χ2n) is 2.73. The van der Waals surface area contributed by atoms with E-state index in [-0.39, 0.29) is 11.7 Å². The van der Waals surface area contributed by atoms with E-state index in [1.165, 1.54) is 0 Å². The largest absolute Gasteiger partial charge is 0.363 e. The molecule has 0 saturated carbocycles. The molecule has 14 heavy (non-hydrogen) atoms. The van der Waals surface area contributed by atoms with Crippen LogP contribution in [0.2, 0.25) is 0 Å². The lowest BCUT2D eigenvalue weighted by molar-refractivity contribution is 0.729. The molecule has 0 radical (unpaired) electrons. The van der Waals surface area contributed by atoms with Crippen molar-refractivity contribution in [2.45, 2.75) is 6.04 Å². The van der Waals surface area contributed by atoms with Crippen molar-refractivity contribution < 1.29 is 0 Å². The van der Waals surface area contributed by atoms with Crippen LogP contribution in [-0.2, 0) is 0 Å². The third-order valence-corrected chi connectivity index (χ3v) is 1.70. The molecule has 1 aromatic heterocycles. The van der Waals surface area contributed by atoms with E-state index >= 15 is 0 Å². The van der Waals surface area contributed by atoms with Gasteiger partial charge in [-0.1, -0.05) is 0 Å². The lowest BCUT2D eigenvalue weighted by atomic mass is 10.3. The first-order chi connectivity index (χ1) is 6.80. The fraction of sp³-hybridized carbons (Fsp3) is 0.375. The number of rotatable bonds is 4. The van der Waals surface area contributed by atoms with Crippen molar-refractivity contribution in [2.24, 2.45) is 11.5 Å². The van der Waals surface area contributed by atoms with Gasteiger partial charge in [-0.3, -0.25) is 0 Å². The van der Waals surface area contributed by atoms with E-state index in [4.69, 9.17) is 16.7 Å². The minimum absolute atomic E-state index is 0.0164. The van der Waals surface area contributed by atoms with Gasteiger partial charge in [0.25, 0.3) is 0 Å². The Morgan fingerprint density at radius 2 is 2.07 bits per heavy atom. The molecule has 0 atom stereocenters. The van der Waals surface area contributed by atoms with Crippen molar-refractivity contribution in [3.8, 4) is 6.07 Å². The number of nitriles is 1. The molecule has 0 amide bonds. The zero-order valence-electron chi connectivity index (χ0n) is 7.64. The molecule has 0 aromatic carbocycles. The highest BCUT2D eigenvalue weighted by molar-refractivity contribution is 5.36. The van der Waals surface area contributed by atoms with Crippen molar-refractivity contribution in [3.05, 3.63) is 17.8 Å². The Bertz CT molecular complexity index is 310. The zero-order chi connectivity index (χ0) is 10.4. The Morgan fingerprint density at radius 1 is 1.36 bits per heavy atom. The van der Waals surface area contributed by atoms with Crippen LogP contribution in [0.5, 0.6) is 0 Å². The van der Waals surface area contributed by atoms with E-state index in [2.05, 4.69) is 15.5 Å². The minimum atomic E-state index is -0.0164. The van der Waals surface area contributed by atoms with Gasteiger partial charge in [0, 0.05) is 13.1 Å². The monoisotopic (exact) mass is 192 g/mol. The van der Waals surface area contributed by atoms with Gasteiger partial charge in [-0.25, -0.2) is 0 Å². The SMILES string of the molecule is N#Cc1ccc(NC(CN)CN)nn1. The lowest BCUT2D eigenvalue weighted by Gasteiger charge is -2.13. The Balaban J connectivity index is 2.64. The van der Waals surface area contributed by atoms with Crippen molar-refractivity contribution in [1.29, 1.82) is 5.26 Å². The third-order valence-electron chi connectivity index (χ3n) is 1.70. The van der Waals surface area contributed by atoms with Crippen LogP contribution in [0, 0.1) is 11.3 Å². The molecule has 6 nitrogen and oxygen atoms in total. The van der Waals surface area contributed by atoms with Gasteiger partial charge in [0.05, 0.1) is 6.04 Å². The highest BCUT2D eigenvalue weighted by Crippen LogP contribution is 2.02. The van der Waals surface area contributed by atoms with E-state index < -0.39 is 0 Å². The Labute approximate surface area is 81.9 Å². The molecular formula is C8H12N6. The van der Waals surface area contributed by atoms with Crippen LogP contribution >= 0.6 is 0 Å². The first-order valence-electron chi connectivity index (χ1n) is 4.20. The fourth-order valence-electron chi connectivity index (χ4n) is 0.892. The van der Waals surface area contributed by atoms with Crippen LogP contribution in [0.25, 0.3) is 0 Å². The summed E-state index contributed by atoms with van der Waals surface area (Å²) in [6, 6.07) is 5.12. The quantitative estimate of drug-likeness (QED) is 0.566. The summed E-state index contributed by atoms with van der Waals surface area (Å²) < 4.78 is 0. The van der Waals surface area contributed by atoms with Gasteiger partial charge in [0.2, 0.25) is 0 Å². The average Bonchev–Trinajstić information content (AvgIpc) is 2.26. The summed E-state index contributed by atoms with van der Waals surface area (Å²) in [6.07, 6.45) is 0. The van der Waals surface area contributed by atoms with Gasteiger partial charge in [0.15, 0.2) is 5.69 Å². The molecule has 0 aliphatic rings. The molecule has 0 aliphatic carbocycles. The predicted octanol–water partition coefficient (Wildman–Crippen LogP) is -0.954. The van der Waals surface area contributed by atoms with E-state index in [0.29, 0.717) is 18.9 Å². The Kier molecular flexibility index (Phi) is 3.79. The minimum Gasteiger partial charge on any atom is -0.363 e. The van der Waals surface area contributed by atoms with Crippen LogP contribution < -0.4 is 16.8 Å². The first kappa shape index (κ1) is 10.4. The number of nitrogens with one attached hydrogen (secondary N) is 1. The molecule has 5 N–H and O–H groups in total. The predicted molar refractivity (Wildman–Crippen MR) is 52.3 cm³/mol. The molecular weight excluding hydrogens is 180 g/mol. The van der Waals surface area contributed by atoms with E-state index in [0.717, 1.165) is 0 Å². The number of hydrogen-bond donors (Lipinski definition) is 3. The van der Waals surface area contributed by atoms with Crippen LogP contribution in [0.15, 0.2) is 12.1 Å². The average molecular weight is 192 g/mol. The van der Waals surface area contributed by atoms with E-state index in [9.17, 15) is 0 Å². The molecule has 6 heteroatoms. The summed E-state index contributed by atoms with van der Waals surface area (Å²) in [5, 5.41) is 18.9. The lowest BCUT2D eigenvalue weighted by Crippen LogP contribution is -2.36. The number of aromatic nitrogens is 2. The summed E-state index contributed by atoms with van der Waals surface area (Å²) in [6.45, 7) is 0.858. The van der Waals surface area contributed by atoms with Gasteiger partial charge < -0.3 is 16.8 Å². The first-order valence-corrected chi connectivity index (χ1v) is 4.20. The van der Waals surface area contributed by atoms with Crippen LogP contribution in [0.4, 0.5) is 5.82 Å². The van der Waals surface area contributed by atoms with Crippen LogP contribution in [0.3, 0.4) is 0 Å². The molecule has 0 aliphatic heterocycles.